The van der Waals surface area contributed by atoms with Crippen LogP contribution in [0.25, 0.3) is 11.0 Å². The number of rotatable bonds is 1. The van der Waals surface area contributed by atoms with Crippen molar-refractivity contribution in [2.75, 3.05) is 13.2 Å². The Bertz CT molecular complexity index is 582. The number of halogens is 2. The van der Waals surface area contributed by atoms with E-state index in [1.807, 2.05) is 6.92 Å². The topological polar surface area (TPSA) is 34.4 Å². The highest BCUT2D eigenvalue weighted by Gasteiger charge is 2.30. The highest BCUT2D eigenvalue weighted by atomic mass is 19.1. The molecule has 2 atom stereocenters. The Labute approximate surface area is 103 Å². The lowest BCUT2D eigenvalue weighted by molar-refractivity contribution is -0.00425. The van der Waals surface area contributed by atoms with Gasteiger partial charge in [0.05, 0.1) is 23.8 Å². The minimum absolute atomic E-state index is 0.0244. The third kappa shape index (κ3) is 1.71. The van der Waals surface area contributed by atoms with Crippen LogP contribution in [-0.2, 0) is 4.74 Å². The van der Waals surface area contributed by atoms with Gasteiger partial charge in [0.25, 0.3) is 0 Å². The summed E-state index contributed by atoms with van der Waals surface area (Å²) in [7, 11) is 0. The second-order valence-electron chi connectivity index (χ2n) is 4.45. The number of hydrogen-bond acceptors (Lipinski definition) is 3. The first-order valence-electron chi connectivity index (χ1n) is 5.88. The summed E-state index contributed by atoms with van der Waals surface area (Å²) in [4.78, 5) is 0. The first-order chi connectivity index (χ1) is 8.68. The number of nitrogens with one attached hydrogen (secondary N) is 1. The van der Waals surface area contributed by atoms with Crippen LogP contribution in [0.5, 0.6) is 0 Å². The maximum Gasteiger partial charge on any atom is 0.143 e. The van der Waals surface area contributed by atoms with Crippen molar-refractivity contribution in [2.24, 2.45) is 0 Å². The van der Waals surface area contributed by atoms with Gasteiger partial charge in [0.2, 0.25) is 0 Å². The molecule has 2 unspecified atom stereocenters. The van der Waals surface area contributed by atoms with Gasteiger partial charge in [0.15, 0.2) is 0 Å². The summed E-state index contributed by atoms with van der Waals surface area (Å²) >= 11 is 0. The summed E-state index contributed by atoms with van der Waals surface area (Å²) in [5, 5.41) is 3.43. The number of hydrogen-bond donors (Lipinski definition) is 1. The molecule has 1 aliphatic heterocycles. The van der Waals surface area contributed by atoms with Crippen molar-refractivity contribution in [3.63, 3.8) is 0 Å². The lowest BCUT2D eigenvalue weighted by Gasteiger charge is -2.31. The van der Waals surface area contributed by atoms with Crippen molar-refractivity contribution < 1.29 is 17.9 Å². The Morgan fingerprint density at radius 1 is 1.39 bits per heavy atom. The fourth-order valence-corrected chi connectivity index (χ4v) is 2.37. The molecule has 1 fully saturated rings. The molecule has 96 valence electrons. The van der Waals surface area contributed by atoms with Gasteiger partial charge in [-0.25, -0.2) is 8.78 Å². The van der Waals surface area contributed by atoms with E-state index in [4.69, 9.17) is 9.15 Å². The van der Waals surface area contributed by atoms with Crippen molar-refractivity contribution in [3.8, 4) is 0 Å². The number of furan rings is 1. The van der Waals surface area contributed by atoms with Gasteiger partial charge in [-0.3, -0.25) is 0 Å². The molecule has 2 aromatic rings. The molecule has 1 aromatic heterocycles. The zero-order chi connectivity index (χ0) is 12.7. The first-order valence-corrected chi connectivity index (χ1v) is 5.88. The quantitative estimate of drug-likeness (QED) is 0.848. The van der Waals surface area contributed by atoms with E-state index in [1.54, 1.807) is 0 Å². The van der Waals surface area contributed by atoms with Crippen molar-refractivity contribution in [1.82, 2.24) is 5.32 Å². The van der Waals surface area contributed by atoms with Gasteiger partial charge in [-0.2, -0.15) is 0 Å². The van der Waals surface area contributed by atoms with Crippen LogP contribution in [0.3, 0.4) is 0 Å². The minimum atomic E-state index is -0.629. The number of morpholine rings is 1. The summed E-state index contributed by atoms with van der Waals surface area (Å²) in [6.07, 6.45) is 0.735. The van der Waals surface area contributed by atoms with Gasteiger partial charge in [-0.15, -0.1) is 0 Å². The van der Waals surface area contributed by atoms with E-state index in [9.17, 15) is 8.78 Å². The number of benzene rings is 1. The Morgan fingerprint density at radius 3 is 3.00 bits per heavy atom. The van der Waals surface area contributed by atoms with Crippen LogP contribution in [0, 0.1) is 11.6 Å². The van der Waals surface area contributed by atoms with E-state index in [-0.39, 0.29) is 22.6 Å². The van der Waals surface area contributed by atoms with Crippen molar-refractivity contribution in [2.45, 2.75) is 19.1 Å². The maximum atomic E-state index is 14.3. The standard InChI is InChI=1S/C13H13F2NO2/c1-7-13(18-5-3-16-7)11-9(14)6-10-8(12(11)15)2-4-17-10/h2,4,6-7,13,16H,3,5H2,1H3. The molecule has 2 heterocycles. The van der Waals surface area contributed by atoms with Gasteiger partial charge in [0.1, 0.15) is 23.3 Å². The molecule has 18 heavy (non-hydrogen) atoms. The monoisotopic (exact) mass is 253 g/mol. The molecule has 0 saturated carbocycles. The summed E-state index contributed by atoms with van der Waals surface area (Å²) in [6, 6.07) is 2.57. The Morgan fingerprint density at radius 2 is 2.22 bits per heavy atom. The number of fused-ring (bicyclic) bond motifs is 1. The molecule has 0 aliphatic carbocycles. The molecular weight excluding hydrogens is 240 g/mol. The van der Waals surface area contributed by atoms with Gasteiger partial charge in [-0.1, -0.05) is 0 Å². The van der Waals surface area contributed by atoms with E-state index in [0.29, 0.717) is 13.2 Å². The van der Waals surface area contributed by atoms with Crippen LogP contribution >= 0.6 is 0 Å². The summed E-state index contributed by atoms with van der Waals surface area (Å²) < 4.78 is 38.8. The number of ether oxygens (including phenoxy) is 1. The predicted octanol–water partition coefficient (Wildman–Crippen LogP) is 2.76. The lowest BCUT2D eigenvalue weighted by atomic mass is 9.99. The van der Waals surface area contributed by atoms with Gasteiger partial charge in [0, 0.05) is 18.7 Å². The van der Waals surface area contributed by atoms with Crippen LogP contribution in [0.2, 0.25) is 0 Å². The second kappa shape index (κ2) is 4.33. The predicted molar refractivity (Wildman–Crippen MR) is 62.3 cm³/mol. The normalized spacial score (nSPS) is 24.6. The Balaban J connectivity index is 2.15. The van der Waals surface area contributed by atoms with E-state index in [2.05, 4.69) is 5.32 Å². The molecule has 3 rings (SSSR count). The fourth-order valence-electron chi connectivity index (χ4n) is 2.37. The van der Waals surface area contributed by atoms with Crippen LogP contribution < -0.4 is 5.32 Å². The van der Waals surface area contributed by atoms with Gasteiger partial charge in [-0.05, 0) is 13.0 Å². The third-order valence-electron chi connectivity index (χ3n) is 3.29. The average molecular weight is 253 g/mol. The van der Waals surface area contributed by atoms with E-state index in [0.717, 1.165) is 0 Å². The molecule has 0 radical (unpaired) electrons. The maximum absolute atomic E-state index is 14.3. The first kappa shape index (κ1) is 11.6. The van der Waals surface area contributed by atoms with Crippen molar-refractivity contribution >= 4 is 11.0 Å². The molecule has 3 nitrogen and oxygen atoms in total. The molecule has 1 aromatic carbocycles. The zero-order valence-corrected chi connectivity index (χ0v) is 9.87. The highest BCUT2D eigenvalue weighted by Crippen LogP contribution is 2.33. The van der Waals surface area contributed by atoms with E-state index >= 15 is 0 Å². The second-order valence-corrected chi connectivity index (χ2v) is 4.45. The molecule has 0 spiro atoms. The molecular formula is C13H13F2NO2. The smallest absolute Gasteiger partial charge is 0.143 e. The molecule has 1 aliphatic rings. The summed E-state index contributed by atoms with van der Waals surface area (Å²) in [5.74, 6) is -1.23. The van der Waals surface area contributed by atoms with E-state index < -0.39 is 17.7 Å². The van der Waals surface area contributed by atoms with Crippen LogP contribution in [-0.4, -0.2) is 19.2 Å². The lowest BCUT2D eigenvalue weighted by Crippen LogP contribution is -2.42. The van der Waals surface area contributed by atoms with Crippen LogP contribution in [0.15, 0.2) is 22.8 Å². The summed E-state index contributed by atoms with van der Waals surface area (Å²) in [5.41, 5.74) is 0.189. The SMILES string of the molecule is CC1NCCOC1c1c(F)cc2occc2c1F. The van der Waals surface area contributed by atoms with E-state index in [1.165, 1.54) is 18.4 Å². The highest BCUT2D eigenvalue weighted by molar-refractivity contribution is 5.79. The summed E-state index contributed by atoms with van der Waals surface area (Å²) in [6.45, 7) is 2.98. The Kier molecular flexibility index (Phi) is 2.80. The molecule has 0 bridgehead atoms. The van der Waals surface area contributed by atoms with Crippen molar-refractivity contribution in [1.29, 1.82) is 0 Å². The van der Waals surface area contributed by atoms with Crippen molar-refractivity contribution in [3.05, 3.63) is 35.6 Å². The van der Waals surface area contributed by atoms with Crippen LogP contribution in [0.1, 0.15) is 18.6 Å². The molecule has 1 N–H and O–H groups in total. The third-order valence-corrected chi connectivity index (χ3v) is 3.29. The zero-order valence-electron chi connectivity index (χ0n) is 9.87. The van der Waals surface area contributed by atoms with Gasteiger partial charge >= 0.3 is 0 Å². The molecule has 0 amide bonds. The fraction of sp³-hybridized carbons (Fsp3) is 0.385. The molecule has 5 heteroatoms. The minimum Gasteiger partial charge on any atom is -0.464 e. The average Bonchev–Trinajstić information content (AvgIpc) is 2.79. The van der Waals surface area contributed by atoms with Crippen LogP contribution in [0.4, 0.5) is 8.78 Å². The largest absolute Gasteiger partial charge is 0.464 e. The Hall–Kier alpha value is -1.46. The van der Waals surface area contributed by atoms with Gasteiger partial charge < -0.3 is 14.5 Å². The molecule has 1 saturated heterocycles.